The molecule has 11 heavy (non-hydrogen) atoms. The molecule has 1 rings (SSSR count). The fourth-order valence-corrected chi connectivity index (χ4v) is 1.64. The van der Waals surface area contributed by atoms with Crippen molar-refractivity contribution < 1.29 is 4.79 Å². The SMILES string of the molecule is Cc1c(C#N)csc1C(N)=O. The summed E-state index contributed by atoms with van der Waals surface area (Å²) in [6, 6.07) is 1.97. The van der Waals surface area contributed by atoms with Gasteiger partial charge >= 0.3 is 0 Å². The molecule has 0 radical (unpaired) electrons. The van der Waals surface area contributed by atoms with Crippen molar-refractivity contribution in [2.45, 2.75) is 6.92 Å². The number of hydrogen-bond donors (Lipinski definition) is 1. The molecule has 0 aliphatic heterocycles. The molecule has 0 atom stereocenters. The summed E-state index contributed by atoms with van der Waals surface area (Å²) in [5, 5.41) is 10.2. The standard InChI is InChI=1S/C7H6N2OS/c1-4-5(2-8)3-11-6(4)7(9)10/h3H,1H3,(H2,9,10). The average molecular weight is 166 g/mol. The minimum Gasteiger partial charge on any atom is -0.365 e. The number of carbonyl (C=O) groups excluding carboxylic acids is 1. The van der Waals surface area contributed by atoms with Gasteiger partial charge in [-0.25, -0.2) is 0 Å². The average Bonchev–Trinajstić information content (AvgIpc) is 2.30. The molecule has 0 aromatic carbocycles. The van der Waals surface area contributed by atoms with Crippen molar-refractivity contribution in [2.24, 2.45) is 5.73 Å². The molecule has 0 spiro atoms. The van der Waals surface area contributed by atoms with Crippen LogP contribution in [-0.4, -0.2) is 5.91 Å². The minimum absolute atomic E-state index is 0.464. The molecule has 56 valence electrons. The highest BCUT2D eigenvalue weighted by molar-refractivity contribution is 7.12. The van der Waals surface area contributed by atoms with Crippen molar-refractivity contribution in [3.05, 3.63) is 21.4 Å². The van der Waals surface area contributed by atoms with Gasteiger partial charge in [-0.15, -0.1) is 11.3 Å². The Morgan fingerprint density at radius 1 is 1.82 bits per heavy atom. The molecule has 2 N–H and O–H groups in total. The maximum Gasteiger partial charge on any atom is 0.259 e. The van der Waals surface area contributed by atoms with Crippen LogP contribution in [0.15, 0.2) is 5.38 Å². The number of nitrogens with two attached hydrogens (primary N) is 1. The van der Waals surface area contributed by atoms with Gasteiger partial charge in [0.25, 0.3) is 5.91 Å². The lowest BCUT2D eigenvalue weighted by atomic mass is 10.2. The lowest BCUT2D eigenvalue weighted by Crippen LogP contribution is -2.10. The number of primary amides is 1. The number of thiophene rings is 1. The highest BCUT2D eigenvalue weighted by Crippen LogP contribution is 2.19. The first kappa shape index (κ1) is 7.76. The number of hydrogen-bond acceptors (Lipinski definition) is 3. The molecule has 0 aliphatic rings. The lowest BCUT2D eigenvalue weighted by Gasteiger charge is -1.89. The number of amides is 1. The van der Waals surface area contributed by atoms with Gasteiger partial charge < -0.3 is 5.73 Å². The van der Waals surface area contributed by atoms with Gasteiger partial charge in [0, 0.05) is 5.38 Å². The summed E-state index contributed by atoms with van der Waals surface area (Å²) in [5.41, 5.74) is 6.26. The van der Waals surface area contributed by atoms with Crippen molar-refractivity contribution in [1.82, 2.24) is 0 Å². The van der Waals surface area contributed by atoms with Crippen LogP contribution >= 0.6 is 11.3 Å². The lowest BCUT2D eigenvalue weighted by molar-refractivity contribution is 0.100. The van der Waals surface area contributed by atoms with Crippen LogP contribution < -0.4 is 5.73 Å². The van der Waals surface area contributed by atoms with E-state index in [-0.39, 0.29) is 0 Å². The van der Waals surface area contributed by atoms with Crippen LogP contribution in [0.4, 0.5) is 0 Å². The van der Waals surface area contributed by atoms with E-state index < -0.39 is 5.91 Å². The van der Waals surface area contributed by atoms with Crippen molar-refractivity contribution in [3.8, 4) is 6.07 Å². The Bertz CT molecular complexity index is 335. The Kier molecular flexibility index (Phi) is 1.92. The van der Waals surface area contributed by atoms with E-state index in [0.717, 1.165) is 0 Å². The van der Waals surface area contributed by atoms with Gasteiger partial charge in [0.2, 0.25) is 0 Å². The first-order valence-corrected chi connectivity index (χ1v) is 3.82. The first-order chi connectivity index (χ1) is 5.16. The zero-order valence-corrected chi connectivity index (χ0v) is 6.73. The van der Waals surface area contributed by atoms with Gasteiger partial charge in [-0.2, -0.15) is 5.26 Å². The zero-order valence-electron chi connectivity index (χ0n) is 5.92. The van der Waals surface area contributed by atoms with Gasteiger partial charge in [0.15, 0.2) is 0 Å². The molecular formula is C7H6N2OS. The molecule has 0 saturated carbocycles. The largest absolute Gasteiger partial charge is 0.365 e. The van der Waals surface area contributed by atoms with Crippen LogP contribution in [0.5, 0.6) is 0 Å². The Balaban J connectivity index is 3.24. The van der Waals surface area contributed by atoms with E-state index >= 15 is 0 Å². The van der Waals surface area contributed by atoms with Crippen LogP contribution in [0.1, 0.15) is 20.8 Å². The molecule has 1 amide bonds. The highest BCUT2D eigenvalue weighted by atomic mass is 32.1. The van der Waals surface area contributed by atoms with E-state index in [0.29, 0.717) is 16.0 Å². The van der Waals surface area contributed by atoms with Gasteiger partial charge in [-0.3, -0.25) is 4.79 Å². The van der Waals surface area contributed by atoms with E-state index in [1.165, 1.54) is 11.3 Å². The summed E-state index contributed by atoms with van der Waals surface area (Å²) < 4.78 is 0. The fraction of sp³-hybridized carbons (Fsp3) is 0.143. The Hall–Kier alpha value is -1.34. The van der Waals surface area contributed by atoms with Crippen molar-refractivity contribution >= 4 is 17.2 Å². The maximum atomic E-state index is 10.7. The number of carbonyl (C=O) groups is 1. The Morgan fingerprint density at radius 2 is 2.45 bits per heavy atom. The molecule has 0 bridgehead atoms. The van der Waals surface area contributed by atoms with Gasteiger partial charge in [-0.1, -0.05) is 0 Å². The summed E-state index contributed by atoms with van der Waals surface area (Å²) in [6.07, 6.45) is 0. The van der Waals surface area contributed by atoms with Gasteiger partial charge in [-0.05, 0) is 12.5 Å². The van der Waals surface area contributed by atoms with Crippen LogP contribution in [0.25, 0.3) is 0 Å². The minimum atomic E-state index is -0.464. The van der Waals surface area contributed by atoms with Gasteiger partial charge in [0.1, 0.15) is 6.07 Å². The Morgan fingerprint density at radius 3 is 2.73 bits per heavy atom. The number of nitriles is 1. The second kappa shape index (κ2) is 2.72. The molecule has 1 aromatic rings. The maximum absolute atomic E-state index is 10.7. The number of nitrogens with zero attached hydrogens (tertiary/aromatic N) is 1. The molecular weight excluding hydrogens is 160 g/mol. The van der Waals surface area contributed by atoms with Crippen molar-refractivity contribution in [2.75, 3.05) is 0 Å². The van der Waals surface area contributed by atoms with E-state index in [1.807, 2.05) is 6.07 Å². The summed E-state index contributed by atoms with van der Waals surface area (Å²) in [4.78, 5) is 11.1. The van der Waals surface area contributed by atoms with Crippen molar-refractivity contribution in [3.63, 3.8) is 0 Å². The summed E-state index contributed by atoms with van der Waals surface area (Å²) in [5.74, 6) is -0.464. The summed E-state index contributed by atoms with van der Waals surface area (Å²) in [7, 11) is 0. The third-order valence-corrected chi connectivity index (χ3v) is 2.48. The predicted molar refractivity (Wildman–Crippen MR) is 42.3 cm³/mol. The Labute approximate surface area is 68.1 Å². The fourth-order valence-electron chi connectivity index (χ4n) is 0.770. The van der Waals surface area contributed by atoms with Gasteiger partial charge in [0.05, 0.1) is 10.4 Å². The topological polar surface area (TPSA) is 66.9 Å². The van der Waals surface area contributed by atoms with E-state index in [4.69, 9.17) is 11.0 Å². The van der Waals surface area contributed by atoms with Crippen LogP contribution in [0.3, 0.4) is 0 Å². The third-order valence-electron chi connectivity index (χ3n) is 1.38. The molecule has 0 fully saturated rings. The van der Waals surface area contributed by atoms with Crippen LogP contribution in [-0.2, 0) is 0 Å². The summed E-state index contributed by atoms with van der Waals surface area (Å²) >= 11 is 1.21. The molecule has 4 heteroatoms. The van der Waals surface area contributed by atoms with Crippen molar-refractivity contribution in [1.29, 1.82) is 5.26 Å². The van der Waals surface area contributed by atoms with Crippen LogP contribution in [0.2, 0.25) is 0 Å². The molecule has 1 heterocycles. The summed E-state index contributed by atoms with van der Waals surface area (Å²) in [6.45, 7) is 1.72. The normalized spacial score (nSPS) is 9.09. The van der Waals surface area contributed by atoms with E-state index in [9.17, 15) is 4.79 Å². The molecule has 1 aromatic heterocycles. The zero-order chi connectivity index (χ0) is 8.43. The van der Waals surface area contributed by atoms with E-state index in [1.54, 1.807) is 12.3 Å². The molecule has 3 nitrogen and oxygen atoms in total. The second-order valence-electron chi connectivity index (χ2n) is 2.08. The van der Waals surface area contributed by atoms with E-state index in [2.05, 4.69) is 0 Å². The molecule has 0 saturated heterocycles. The monoisotopic (exact) mass is 166 g/mol. The number of rotatable bonds is 1. The molecule has 0 unspecified atom stereocenters. The second-order valence-corrected chi connectivity index (χ2v) is 2.96. The predicted octanol–water partition coefficient (Wildman–Crippen LogP) is 1.03. The smallest absolute Gasteiger partial charge is 0.259 e. The highest BCUT2D eigenvalue weighted by Gasteiger charge is 2.10. The van der Waals surface area contributed by atoms with Crippen LogP contribution in [0, 0.1) is 18.3 Å². The quantitative estimate of drug-likeness (QED) is 0.677. The first-order valence-electron chi connectivity index (χ1n) is 2.94. The third kappa shape index (κ3) is 1.23. The molecule has 0 aliphatic carbocycles.